The summed E-state index contributed by atoms with van der Waals surface area (Å²) in [6.07, 6.45) is -3.71. The lowest BCUT2D eigenvalue weighted by Gasteiger charge is -2.08. The van der Waals surface area contributed by atoms with Crippen molar-refractivity contribution in [3.8, 4) is 0 Å². The molecule has 0 aliphatic carbocycles. The fraction of sp³-hybridized carbons (Fsp3) is 0.333. The highest BCUT2D eigenvalue weighted by atomic mass is 19.4. The van der Waals surface area contributed by atoms with Crippen LogP contribution < -0.4 is 10.6 Å². The van der Waals surface area contributed by atoms with Crippen molar-refractivity contribution in [3.63, 3.8) is 0 Å². The van der Waals surface area contributed by atoms with E-state index in [2.05, 4.69) is 15.3 Å². The van der Waals surface area contributed by atoms with Crippen molar-refractivity contribution >= 4 is 17.8 Å². The number of carboxylic acid groups (broad SMARTS) is 1. The Hall–Kier alpha value is -2.39. The minimum Gasteiger partial charge on any atom is -0.480 e. The van der Waals surface area contributed by atoms with Crippen LogP contribution in [0.5, 0.6) is 0 Å². The van der Waals surface area contributed by atoms with Gasteiger partial charge < -0.3 is 15.7 Å². The molecule has 104 valence electrons. The van der Waals surface area contributed by atoms with Gasteiger partial charge in [0.2, 0.25) is 11.9 Å². The number of aromatic nitrogens is 2. The van der Waals surface area contributed by atoms with Gasteiger partial charge in [-0.3, -0.25) is 9.59 Å². The van der Waals surface area contributed by atoms with Crippen LogP contribution in [-0.2, 0) is 15.8 Å². The summed E-state index contributed by atoms with van der Waals surface area (Å²) in [6.45, 7) is -1.02. The quantitative estimate of drug-likeness (QED) is 0.706. The van der Waals surface area contributed by atoms with Crippen molar-refractivity contribution in [2.24, 2.45) is 0 Å². The van der Waals surface area contributed by atoms with Crippen molar-refractivity contribution in [2.75, 3.05) is 18.4 Å². The molecule has 0 fully saturated rings. The lowest BCUT2D eigenvalue weighted by molar-refractivity contribution is -0.141. The average molecular weight is 278 g/mol. The maximum atomic E-state index is 12.3. The number of rotatable bonds is 5. The molecule has 1 aromatic rings. The van der Waals surface area contributed by atoms with E-state index in [1.54, 1.807) is 0 Å². The third-order valence-electron chi connectivity index (χ3n) is 1.79. The number of anilines is 1. The van der Waals surface area contributed by atoms with E-state index < -0.39 is 36.8 Å². The molecular formula is C9H9F3N4O3. The van der Waals surface area contributed by atoms with Crippen LogP contribution in [-0.4, -0.2) is 40.0 Å². The van der Waals surface area contributed by atoms with Crippen molar-refractivity contribution in [1.82, 2.24) is 15.3 Å². The second kappa shape index (κ2) is 5.98. The van der Waals surface area contributed by atoms with Crippen molar-refractivity contribution in [2.45, 2.75) is 6.18 Å². The maximum Gasteiger partial charge on any atom is 0.433 e. The van der Waals surface area contributed by atoms with Gasteiger partial charge in [-0.2, -0.15) is 13.2 Å². The Labute approximate surface area is 104 Å². The molecule has 1 rings (SSSR count). The first-order chi connectivity index (χ1) is 8.79. The monoisotopic (exact) mass is 278 g/mol. The summed E-state index contributed by atoms with van der Waals surface area (Å²) in [5, 5.41) is 12.6. The van der Waals surface area contributed by atoms with E-state index in [0.717, 1.165) is 6.20 Å². The van der Waals surface area contributed by atoms with E-state index in [-0.39, 0.29) is 5.95 Å². The number of aliphatic carboxylic acids is 1. The van der Waals surface area contributed by atoms with Crippen molar-refractivity contribution in [3.05, 3.63) is 18.0 Å². The van der Waals surface area contributed by atoms with Gasteiger partial charge >= 0.3 is 12.1 Å². The van der Waals surface area contributed by atoms with Gasteiger partial charge in [-0.05, 0) is 6.07 Å². The molecule has 0 saturated heterocycles. The lowest BCUT2D eigenvalue weighted by Crippen LogP contribution is -2.34. The number of alkyl halides is 3. The SMILES string of the molecule is O=C(O)CNC(=O)CNc1nccc(C(F)(F)F)n1. The number of halogens is 3. The van der Waals surface area contributed by atoms with E-state index in [0.29, 0.717) is 6.07 Å². The minimum atomic E-state index is -4.61. The largest absolute Gasteiger partial charge is 0.480 e. The summed E-state index contributed by atoms with van der Waals surface area (Å²) < 4.78 is 36.9. The molecule has 0 aromatic carbocycles. The Balaban J connectivity index is 2.54. The fourth-order valence-corrected chi connectivity index (χ4v) is 0.998. The molecule has 7 nitrogen and oxygen atoms in total. The molecule has 0 radical (unpaired) electrons. The summed E-state index contributed by atoms with van der Waals surface area (Å²) in [4.78, 5) is 27.9. The third kappa shape index (κ3) is 5.19. The molecule has 0 saturated carbocycles. The van der Waals surface area contributed by atoms with E-state index in [9.17, 15) is 22.8 Å². The predicted octanol–water partition coefficient (Wildman–Crippen LogP) is 0.108. The van der Waals surface area contributed by atoms with Crippen LogP contribution in [0.25, 0.3) is 0 Å². The number of carbonyl (C=O) groups excluding carboxylic acids is 1. The molecule has 0 aliphatic heterocycles. The van der Waals surface area contributed by atoms with Crippen LogP contribution in [0.15, 0.2) is 12.3 Å². The molecule has 0 atom stereocenters. The Kier molecular flexibility index (Phi) is 4.62. The Morgan fingerprint density at radius 2 is 2.00 bits per heavy atom. The van der Waals surface area contributed by atoms with Crippen LogP contribution in [0.2, 0.25) is 0 Å². The number of nitrogens with one attached hydrogen (secondary N) is 2. The normalized spacial score (nSPS) is 10.9. The summed E-state index contributed by atoms with van der Waals surface area (Å²) in [7, 11) is 0. The second-order valence-electron chi connectivity index (χ2n) is 3.29. The number of carbonyl (C=O) groups is 2. The number of amides is 1. The molecule has 0 spiro atoms. The Morgan fingerprint density at radius 3 is 2.58 bits per heavy atom. The molecule has 1 aromatic heterocycles. The molecule has 1 amide bonds. The second-order valence-corrected chi connectivity index (χ2v) is 3.29. The standard InChI is InChI=1S/C9H9F3N4O3/c10-9(11,12)5-1-2-13-8(16-5)15-3-6(17)14-4-7(18)19/h1-2H,3-4H2,(H,14,17)(H,18,19)(H,13,15,16). The van der Waals surface area contributed by atoms with Gasteiger partial charge in [-0.15, -0.1) is 0 Å². The Bertz CT molecular complexity index is 478. The van der Waals surface area contributed by atoms with Crippen LogP contribution in [0, 0.1) is 0 Å². The summed E-state index contributed by atoms with van der Waals surface area (Å²) in [5.41, 5.74) is -1.14. The van der Waals surface area contributed by atoms with E-state index >= 15 is 0 Å². The molecule has 0 aliphatic rings. The summed E-state index contributed by atoms with van der Waals surface area (Å²) in [6, 6.07) is 0.690. The minimum absolute atomic E-state index is 0.375. The van der Waals surface area contributed by atoms with Gasteiger partial charge in [0, 0.05) is 6.20 Å². The topological polar surface area (TPSA) is 104 Å². The highest BCUT2D eigenvalue weighted by molar-refractivity contribution is 5.83. The van der Waals surface area contributed by atoms with Crippen molar-refractivity contribution < 1.29 is 27.9 Å². The number of hydrogen-bond donors (Lipinski definition) is 3. The first-order valence-electron chi connectivity index (χ1n) is 4.91. The zero-order chi connectivity index (χ0) is 14.5. The first-order valence-corrected chi connectivity index (χ1v) is 4.91. The van der Waals surface area contributed by atoms with Gasteiger partial charge in [0.15, 0.2) is 0 Å². The van der Waals surface area contributed by atoms with Gasteiger partial charge in [-0.1, -0.05) is 0 Å². The van der Waals surface area contributed by atoms with Crippen LogP contribution >= 0.6 is 0 Å². The van der Waals surface area contributed by atoms with Crippen LogP contribution in [0.1, 0.15) is 5.69 Å². The fourth-order valence-electron chi connectivity index (χ4n) is 0.998. The average Bonchev–Trinajstić information content (AvgIpc) is 2.33. The van der Waals surface area contributed by atoms with E-state index in [1.165, 1.54) is 0 Å². The molecular weight excluding hydrogens is 269 g/mol. The van der Waals surface area contributed by atoms with Gasteiger partial charge in [-0.25, -0.2) is 9.97 Å². The van der Waals surface area contributed by atoms with Gasteiger partial charge in [0.1, 0.15) is 12.2 Å². The van der Waals surface area contributed by atoms with Crippen LogP contribution in [0.3, 0.4) is 0 Å². The highest BCUT2D eigenvalue weighted by Crippen LogP contribution is 2.27. The van der Waals surface area contributed by atoms with E-state index in [1.807, 2.05) is 5.32 Å². The van der Waals surface area contributed by atoms with E-state index in [4.69, 9.17) is 5.11 Å². The summed E-state index contributed by atoms with van der Waals surface area (Å²) >= 11 is 0. The van der Waals surface area contributed by atoms with Gasteiger partial charge in [0.25, 0.3) is 0 Å². The number of carboxylic acids is 1. The third-order valence-corrected chi connectivity index (χ3v) is 1.79. The maximum absolute atomic E-state index is 12.3. The number of hydrogen-bond acceptors (Lipinski definition) is 5. The smallest absolute Gasteiger partial charge is 0.433 e. The predicted molar refractivity (Wildman–Crippen MR) is 56.2 cm³/mol. The molecule has 0 bridgehead atoms. The molecule has 0 unspecified atom stereocenters. The summed E-state index contributed by atoms with van der Waals surface area (Å²) in [5.74, 6) is -2.31. The van der Waals surface area contributed by atoms with Crippen molar-refractivity contribution in [1.29, 1.82) is 0 Å². The first kappa shape index (κ1) is 14.7. The number of nitrogens with zero attached hydrogens (tertiary/aromatic N) is 2. The highest BCUT2D eigenvalue weighted by Gasteiger charge is 2.32. The van der Waals surface area contributed by atoms with Gasteiger partial charge in [0.05, 0.1) is 6.54 Å². The van der Waals surface area contributed by atoms with Crippen LogP contribution in [0.4, 0.5) is 19.1 Å². The molecule has 1 heterocycles. The molecule has 19 heavy (non-hydrogen) atoms. The Morgan fingerprint density at radius 1 is 1.32 bits per heavy atom. The lowest BCUT2D eigenvalue weighted by atomic mass is 10.4. The zero-order valence-electron chi connectivity index (χ0n) is 9.36. The molecule has 3 N–H and O–H groups in total. The zero-order valence-corrected chi connectivity index (χ0v) is 9.36. The molecule has 10 heteroatoms.